The van der Waals surface area contributed by atoms with E-state index in [0.29, 0.717) is 19.5 Å². The van der Waals surface area contributed by atoms with Gasteiger partial charge in [0, 0.05) is 13.1 Å². The van der Waals surface area contributed by atoms with E-state index in [1.165, 1.54) is 0 Å². The molecule has 0 aliphatic carbocycles. The van der Waals surface area contributed by atoms with E-state index in [4.69, 9.17) is 5.26 Å². The van der Waals surface area contributed by atoms with E-state index < -0.39 is 6.04 Å². The summed E-state index contributed by atoms with van der Waals surface area (Å²) in [6.45, 7) is 4.75. The second-order valence-electron chi connectivity index (χ2n) is 7.33. The predicted octanol–water partition coefficient (Wildman–Crippen LogP) is 3.45. The maximum absolute atomic E-state index is 13.1. The van der Waals surface area contributed by atoms with Crippen LogP contribution in [0.3, 0.4) is 0 Å². The van der Waals surface area contributed by atoms with Crippen molar-refractivity contribution >= 4 is 11.9 Å². The number of carbonyl (C=O) groups is 2. The number of nitrogens with one attached hydrogen (secondary N) is 2. The van der Waals surface area contributed by atoms with Gasteiger partial charge < -0.3 is 15.5 Å². The molecule has 6 heteroatoms. The Hall–Kier alpha value is -3.33. The lowest BCUT2D eigenvalue weighted by atomic mass is 10.0. The molecular formula is C23H28N4O2. The topological polar surface area (TPSA) is 85.2 Å². The molecule has 2 aromatic carbocycles. The van der Waals surface area contributed by atoms with E-state index >= 15 is 0 Å². The lowest BCUT2D eigenvalue weighted by molar-refractivity contribution is -0.123. The highest BCUT2D eigenvalue weighted by Gasteiger charge is 2.24. The van der Waals surface area contributed by atoms with Crippen LogP contribution in [-0.4, -0.2) is 29.4 Å². The third-order valence-electron chi connectivity index (χ3n) is 4.38. The van der Waals surface area contributed by atoms with Crippen molar-refractivity contribution in [1.82, 2.24) is 15.5 Å². The Balaban J connectivity index is 2.16. The molecule has 0 spiro atoms. The van der Waals surface area contributed by atoms with Gasteiger partial charge in [-0.3, -0.25) is 4.79 Å². The predicted molar refractivity (Wildman–Crippen MR) is 113 cm³/mol. The first kappa shape index (κ1) is 22.0. The van der Waals surface area contributed by atoms with E-state index in [0.717, 1.165) is 11.1 Å². The summed E-state index contributed by atoms with van der Waals surface area (Å²) in [6, 6.07) is 20.4. The van der Waals surface area contributed by atoms with E-state index in [2.05, 4.69) is 10.6 Å². The summed E-state index contributed by atoms with van der Waals surface area (Å²) in [5.74, 6) is -0.127. The molecule has 3 amide bonds. The maximum Gasteiger partial charge on any atom is 0.318 e. The average Bonchev–Trinajstić information content (AvgIpc) is 2.72. The summed E-state index contributed by atoms with van der Waals surface area (Å²) in [4.78, 5) is 27.2. The summed E-state index contributed by atoms with van der Waals surface area (Å²) in [6.07, 6.45) is 0.494. The van der Waals surface area contributed by atoms with Crippen LogP contribution in [0.25, 0.3) is 0 Å². The molecule has 2 N–H and O–H groups in total. The fraction of sp³-hybridized carbons (Fsp3) is 0.348. The molecule has 29 heavy (non-hydrogen) atoms. The molecule has 2 rings (SSSR count). The Labute approximate surface area is 172 Å². The Kier molecular flexibility index (Phi) is 8.71. The van der Waals surface area contributed by atoms with Gasteiger partial charge in [-0.05, 0) is 23.5 Å². The monoisotopic (exact) mass is 392 g/mol. The van der Waals surface area contributed by atoms with Gasteiger partial charge >= 0.3 is 6.03 Å². The number of benzene rings is 2. The molecule has 0 bridgehead atoms. The number of carbonyl (C=O) groups excluding carboxylic acids is 2. The van der Waals surface area contributed by atoms with Crippen LogP contribution in [0.15, 0.2) is 60.7 Å². The number of rotatable bonds is 9. The second-order valence-corrected chi connectivity index (χ2v) is 7.33. The smallest absolute Gasteiger partial charge is 0.318 e. The van der Waals surface area contributed by atoms with Crippen LogP contribution in [0.1, 0.15) is 31.4 Å². The van der Waals surface area contributed by atoms with Crippen LogP contribution in [0, 0.1) is 17.2 Å². The van der Waals surface area contributed by atoms with Gasteiger partial charge in [-0.2, -0.15) is 5.26 Å². The summed E-state index contributed by atoms with van der Waals surface area (Å²) in [5, 5.41) is 14.1. The Morgan fingerprint density at radius 1 is 0.966 bits per heavy atom. The van der Waals surface area contributed by atoms with E-state index in [1.54, 1.807) is 4.90 Å². The van der Waals surface area contributed by atoms with Crippen molar-refractivity contribution in [2.75, 3.05) is 6.54 Å². The molecule has 0 heterocycles. The van der Waals surface area contributed by atoms with Gasteiger partial charge in [0.25, 0.3) is 0 Å². The minimum atomic E-state index is -0.690. The van der Waals surface area contributed by atoms with E-state index in [9.17, 15) is 9.59 Å². The molecule has 0 aliphatic rings. The maximum atomic E-state index is 13.1. The van der Waals surface area contributed by atoms with Crippen molar-refractivity contribution < 1.29 is 9.59 Å². The minimum Gasteiger partial charge on any atom is -0.341 e. The third kappa shape index (κ3) is 7.67. The van der Waals surface area contributed by atoms with Gasteiger partial charge in [0.2, 0.25) is 5.91 Å². The highest BCUT2D eigenvalue weighted by Crippen LogP contribution is 2.12. The van der Waals surface area contributed by atoms with Crippen molar-refractivity contribution in [3.8, 4) is 6.07 Å². The molecule has 152 valence electrons. The van der Waals surface area contributed by atoms with Gasteiger partial charge in [-0.1, -0.05) is 74.5 Å². The van der Waals surface area contributed by atoms with Crippen molar-refractivity contribution in [1.29, 1.82) is 5.26 Å². The highest BCUT2D eigenvalue weighted by molar-refractivity contribution is 5.87. The molecule has 6 nitrogen and oxygen atoms in total. The summed E-state index contributed by atoms with van der Waals surface area (Å²) < 4.78 is 0. The number of hydrogen-bond donors (Lipinski definition) is 2. The highest BCUT2D eigenvalue weighted by atomic mass is 16.2. The van der Waals surface area contributed by atoms with E-state index in [-0.39, 0.29) is 24.4 Å². The number of amides is 3. The zero-order valence-electron chi connectivity index (χ0n) is 17.0. The number of urea groups is 1. The van der Waals surface area contributed by atoms with Gasteiger partial charge in [-0.25, -0.2) is 4.79 Å². The van der Waals surface area contributed by atoms with Crippen LogP contribution in [0.5, 0.6) is 0 Å². The van der Waals surface area contributed by atoms with Crippen LogP contribution in [-0.2, 0) is 17.9 Å². The number of hydrogen-bond acceptors (Lipinski definition) is 3. The zero-order chi connectivity index (χ0) is 21.1. The molecule has 2 aromatic rings. The van der Waals surface area contributed by atoms with E-state index in [1.807, 2.05) is 80.6 Å². The molecule has 0 fully saturated rings. The fourth-order valence-electron chi connectivity index (χ4n) is 3.00. The van der Waals surface area contributed by atoms with Gasteiger partial charge in [0.05, 0.1) is 6.07 Å². The number of nitriles is 1. The first-order valence-corrected chi connectivity index (χ1v) is 9.77. The molecule has 1 atom stereocenters. The minimum absolute atomic E-state index is 0.0823. The van der Waals surface area contributed by atoms with Gasteiger partial charge in [-0.15, -0.1) is 0 Å². The normalized spacial score (nSPS) is 11.4. The third-order valence-corrected chi connectivity index (χ3v) is 4.38. The first-order chi connectivity index (χ1) is 14.0. The van der Waals surface area contributed by atoms with Crippen molar-refractivity contribution in [3.05, 3.63) is 71.8 Å². The molecule has 0 radical (unpaired) electrons. The largest absolute Gasteiger partial charge is 0.341 e. The molecule has 0 unspecified atom stereocenters. The van der Waals surface area contributed by atoms with Crippen LogP contribution < -0.4 is 10.6 Å². The first-order valence-electron chi connectivity index (χ1n) is 9.77. The standard InChI is InChI=1S/C23H28N4O2/c1-18(2)15-21(22(28)25-14-13-24)26-23(29)27(16-19-9-5-3-6-10-19)17-20-11-7-4-8-12-20/h3-12,18,21H,14-17H2,1-2H3,(H,25,28)(H,26,29)/t21-/m0/s1. The molecular weight excluding hydrogens is 364 g/mol. The Morgan fingerprint density at radius 2 is 1.48 bits per heavy atom. The average molecular weight is 393 g/mol. The van der Waals surface area contributed by atoms with Gasteiger partial charge in [0.1, 0.15) is 12.6 Å². The van der Waals surface area contributed by atoms with Crippen molar-refractivity contribution in [2.24, 2.45) is 5.92 Å². The molecule has 0 saturated carbocycles. The Morgan fingerprint density at radius 3 is 1.93 bits per heavy atom. The molecule has 0 aliphatic heterocycles. The van der Waals surface area contributed by atoms with Crippen LogP contribution in [0.2, 0.25) is 0 Å². The van der Waals surface area contributed by atoms with Crippen molar-refractivity contribution in [2.45, 2.75) is 39.4 Å². The lowest BCUT2D eigenvalue weighted by Crippen LogP contribution is -2.51. The summed E-state index contributed by atoms with van der Waals surface area (Å²) in [7, 11) is 0. The zero-order valence-corrected chi connectivity index (χ0v) is 17.0. The van der Waals surface area contributed by atoms with Crippen LogP contribution in [0.4, 0.5) is 4.79 Å². The van der Waals surface area contributed by atoms with Crippen molar-refractivity contribution in [3.63, 3.8) is 0 Å². The number of nitrogens with zero attached hydrogens (tertiary/aromatic N) is 2. The van der Waals surface area contributed by atoms with Crippen LogP contribution >= 0.6 is 0 Å². The second kappa shape index (κ2) is 11.5. The molecule has 0 aromatic heterocycles. The summed E-state index contributed by atoms with van der Waals surface area (Å²) >= 11 is 0. The summed E-state index contributed by atoms with van der Waals surface area (Å²) in [5.41, 5.74) is 2.01. The Bertz CT molecular complexity index is 774. The fourth-order valence-corrected chi connectivity index (χ4v) is 3.00. The van der Waals surface area contributed by atoms with Gasteiger partial charge in [0.15, 0.2) is 0 Å². The SMILES string of the molecule is CC(C)C[C@H](NC(=O)N(Cc1ccccc1)Cc1ccccc1)C(=O)NCC#N. The lowest BCUT2D eigenvalue weighted by Gasteiger charge is -2.27. The quantitative estimate of drug-likeness (QED) is 0.641. The molecule has 0 saturated heterocycles.